The summed E-state index contributed by atoms with van der Waals surface area (Å²) in [4.78, 5) is 30.5. The lowest BCUT2D eigenvalue weighted by Crippen LogP contribution is -2.48. The van der Waals surface area contributed by atoms with Crippen LogP contribution >= 0.6 is 11.3 Å². The lowest BCUT2D eigenvalue weighted by Gasteiger charge is -2.35. The second-order valence-corrected chi connectivity index (χ2v) is 15.4. The molecule has 1 aliphatic rings. The van der Waals surface area contributed by atoms with Crippen molar-refractivity contribution in [3.63, 3.8) is 0 Å². The van der Waals surface area contributed by atoms with E-state index in [0.717, 1.165) is 37.1 Å². The van der Waals surface area contributed by atoms with Crippen molar-refractivity contribution in [2.24, 2.45) is 5.92 Å². The molecule has 0 spiro atoms. The molecule has 252 valence electrons. The number of amides is 2. The minimum Gasteiger partial charge on any atom is -0.490 e. The maximum atomic E-state index is 14.3. The Balaban J connectivity index is 1.92. The summed E-state index contributed by atoms with van der Waals surface area (Å²) in [6.07, 6.45) is 2.67. The Morgan fingerprint density at radius 2 is 1.96 bits per heavy atom. The molecule has 0 saturated heterocycles. The molecule has 45 heavy (non-hydrogen) atoms. The third-order valence-electron chi connectivity index (χ3n) is 7.94. The molecule has 1 aromatic heterocycles. The number of nitrogens with one attached hydrogen (secondary N) is 1. The van der Waals surface area contributed by atoms with Crippen LogP contribution in [0.2, 0.25) is 0 Å². The maximum absolute atomic E-state index is 14.3. The van der Waals surface area contributed by atoms with Crippen molar-refractivity contribution in [2.45, 2.75) is 75.3 Å². The van der Waals surface area contributed by atoms with E-state index in [4.69, 9.17) is 9.47 Å². The Bertz CT molecular complexity index is 1340. The van der Waals surface area contributed by atoms with E-state index >= 15 is 0 Å². The number of benzene rings is 1. The summed E-state index contributed by atoms with van der Waals surface area (Å²) in [5, 5.41) is 14.8. The zero-order chi connectivity index (χ0) is 33.1. The van der Waals surface area contributed by atoms with Crippen LogP contribution in [-0.2, 0) is 19.6 Å². The van der Waals surface area contributed by atoms with Gasteiger partial charge in [-0.1, -0.05) is 13.0 Å². The number of hydrogen-bond acceptors (Lipinski definition) is 9. The van der Waals surface area contributed by atoms with E-state index in [0.29, 0.717) is 30.9 Å². The van der Waals surface area contributed by atoms with E-state index < -0.39 is 22.2 Å². The summed E-state index contributed by atoms with van der Waals surface area (Å²) in [6, 6.07) is 7.83. The van der Waals surface area contributed by atoms with Gasteiger partial charge in [0.15, 0.2) is 0 Å². The average Bonchev–Trinajstić information content (AvgIpc) is 3.54. The number of carbonyl (C=O) groups is 2. The molecule has 0 aliphatic carbocycles. The Labute approximate surface area is 272 Å². The van der Waals surface area contributed by atoms with Crippen molar-refractivity contribution in [1.29, 1.82) is 0 Å². The number of aliphatic hydroxyl groups is 1. The van der Waals surface area contributed by atoms with Crippen molar-refractivity contribution in [3.8, 4) is 5.75 Å². The van der Waals surface area contributed by atoms with Crippen molar-refractivity contribution >= 4 is 38.9 Å². The first kappa shape index (κ1) is 36.9. The highest BCUT2D eigenvalue weighted by Gasteiger charge is 2.32. The number of carbonyl (C=O) groups excluding carboxylic acids is 2. The molecule has 0 bridgehead atoms. The summed E-state index contributed by atoms with van der Waals surface area (Å²) in [7, 11) is 1.76. The molecule has 0 fully saturated rings. The molecule has 2 aromatic rings. The second kappa shape index (κ2) is 17.4. The van der Waals surface area contributed by atoms with Crippen molar-refractivity contribution in [1.82, 2.24) is 14.1 Å². The first-order valence-corrected chi connectivity index (χ1v) is 17.9. The molecule has 13 heteroatoms. The highest BCUT2D eigenvalue weighted by Crippen LogP contribution is 2.29. The monoisotopic (exact) mass is 666 g/mol. The van der Waals surface area contributed by atoms with Gasteiger partial charge in [-0.25, -0.2) is 8.42 Å². The number of aliphatic hydroxyl groups excluding tert-OH is 1. The summed E-state index contributed by atoms with van der Waals surface area (Å²) < 4.78 is 40.5. The van der Waals surface area contributed by atoms with Crippen LogP contribution in [0.25, 0.3) is 0 Å². The zero-order valence-electron chi connectivity index (χ0n) is 27.4. The molecular weight excluding hydrogens is 617 g/mol. The number of thiophene rings is 1. The van der Waals surface area contributed by atoms with Crippen molar-refractivity contribution in [2.75, 3.05) is 59.3 Å². The summed E-state index contributed by atoms with van der Waals surface area (Å²) in [5.41, 5.74) is 0.771. The number of anilines is 1. The average molecular weight is 667 g/mol. The van der Waals surface area contributed by atoms with Crippen LogP contribution in [0.3, 0.4) is 0 Å². The number of likely N-dealkylation sites (N-methyl/N-ethyl adjacent to an activating group) is 1. The third kappa shape index (κ3) is 10.8. The molecule has 1 aromatic carbocycles. The van der Waals surface area contributed by atoms with Crippen LogP contribution in [0.1, 0.15) is 63.2 Å². The molecule has 2 heterocycles. The van der Waals surface area contributed by atoms with Gasteiger partial charge in [0, 0.05) is 44.8 Å². The van der Waals surface area contributed by atoms with Crippen LogP contribution < -0.4 is 10.1 Å². The van der Waals surface area contributed by atoms with E-state index in [1.165, 1.54) is 4.31 Å². The van der Waals surface area contributed by atoms with E-state index in [1.807, 2.05) is 32.8 Å². The van der Waals surface area contributed by atoms with Crippen LogP contribution in [0.5, 0.6) is 5.75 Å². The molecule has 1 aliphatic heterocycles. The van der Waals surface area contributed by atoms with Gasteiger partial charge in [-0.05, 0) is 89.8 Å². The Kier molecular flexibility index (Phi) is 14.3. The van der Waals surface area contributed by atoms with Gasteiger partial charge in [-0.3, -0.25) is 9.59 Å². The topological polar surface area (TPSA) is 129 Å². The standard InChI is InChI=1S/C32H50N4O7S2/c1-23-20-36(24(2)22-37)32(39)27-19-26(33-30(38)12-9-16-34(4)5)14-15-28(27)43-25(3)11-7-8-17-42-29(23)21-35(6)45(40,41)31-13-10-18-44-31/h10,13-15,18-19,23-25,29,37H,7-9,11-12,16-17,20-22H2,1-6H3,(H,33,38)/t23-,24+,25-,29-/m0/s1. The fourth-order valence-corrected chi connectivity index (χ4v) is 7.54. The molecule has 2 amide bonds. The number of sulfonamides is 1. The number of nitrogens with zero attached hydrogens (tertiary/aromatic N) is 3. The van der Waals surface area contributed by atoms with E-state index in [2.05, 4.69) is 5.32 Å². The Morgan fingerprint density at radius 3 is 2.62 bits per heavy atom. The van der Waals surface area contributed by atoms with E-state index in [9.17, 15) is 23.1 Å². The smallest absolute Gasteiger partial charge is 0.258 e. The second-order valence-electron chi connectivity index (χ2n) is 12.2. The van der Waals surface area contributed by atoms with Gasteiger partial charge >= 0.3 is 0 Å². The van der Waals surface area contributed by atoms with Crippen LogP contribution in [0.4, 0.5) is 5.69 Å². The fourth-order valence-electron chi connectivity index (χ4n) is 5.16. The van der Waals surface area contributed by atoms with Crippen molar-refractivity contribution in [3.05, 3.63) is 41.3 Å². The van der Waals surface area contributed by atoms with Crippen LogP contribution in [-0.4, -0.2) is 112 Å². The fraction of sp³-hybridized carbons (Fsp3) is 0.625. The summed E-state index contributed by atoms with van der Waals surface area (Å²) >= 11 is 1.16. The number of rotatable bonds is 11. The highest BCUT2D eigenvalue weighted by molar-refractivity contribution is 7.91. The van der Waals surface area contributed by atoms with Crippen LogP contribution in [0.15, 0.2) is 39.9 Å². The van der Waals surface area contributed by atoms with Gasteiger partial charge in [-0.15, -0.1) is 11.3 Å². The Morgan fingerprint density at radius 1 is 1.20 bits per heavy atom. The Hall–Kier alpha value is -2.55. The van der Waals surface area contributed by atoms with Gasteiger partial charge in [0.25, 0.3) is 15.9 Å². The highest BCUT2D eigenvalue weighted by atomic mass is 32.2. The predicted molar refractivity (Wildman–Crippen MR) is 177 cm³/mol. The van der Waals surface area contributed by atoms with Crippen LogP contribution in [0, 0.1) is 5.92 Å². The number of hydrogen-bond donors (Lipinski definition) is 2. The van der Waals surface area contributed by atoms with Gasteiger partial charge in [-0.2, -0.15) is 4.31 Å². The van der Waals surface area contributed by atoms with E-state index in [-0.39, 0.29) is 53.3 Å². The lowest BCUT2D eigenvalue weighted by atomic mass is 10.0. The molecule has 0 unspecified atom stereocenters. The minimum absolute atomic E-state index is 0.108. The van der Waals surface area contributed by atoms with Gasteiger partial charge in [0.1, 0.15) is 9.96 Å². The molecule has 3 rings (SSSR count). The summed E-state index contributed by atoms with van der Waals surface area (Å²) in [5.74, 6) is -0.373. The largest absolute Gasteiger partial charge is 0.490 e. The van der Waals surface area contributed by atoms with Gasteiger partial charge < -0.3 is 29.7 Å². The first-order chi connectivity index (χ1) is 21.3. The molecule has 0 radical (unpaired) electrons. The first-order valence-electron chi connectivity index (χ1n) is 15.6. The quantitative estimate of drug-likeness (QED) is 0.366. The number of ether oxygens (including phenoxy) is 2. The van der Waals surface area contributed by atoms with E-state index in [1.54, 1.807) is 54.6 Å². The zero-order valence-corrected chi connectivity index (χ0v) is 29.0. The SMILES string of the molecule is C[C@H](CO)N1C[C@H](C)[C@H](CN(C)S(=O)(=O)c2cccs2)OCCCC[C@H](C)Oc2ccc(NC(=O)CCCN(C)C)cc2C1=O. The maximum Gasteiger partial charge on any atom is 0.258 e. The lowest BCUT2D eigenvalue weighted by molar-refractivity contribution is -0.116. The number of fused-ring (bicyclic) bond motifs is 1. The minimum atomic E-state index is -3.70. The molecule has 2 N–H and O–H groups in total. The van der Waals surface area contributed by atoms with Gasteiger partial charge in [0.2, 0.25) is 5.91 Å². The normalized spacial score (nSPS) is 21.2. The molecule has 4 atom stereocenters. The predicted octanol–water partition coefficient (Wildman–Crippen LogP) is 4.14. The van der Waals surface area contributed by atoms with Gasteiger partial charge in [0.05, 0.1) is 30.4 Å². The molecule has 11 nitrogen and oxygen atoms in total. The summed E-state index contributed by atoms with van der Waals surface area (Å²) in [6.45, 7) is 6.90. The third-order valence-corrected chi connectivity index (χ3v) is 11.1. The molecule has 0 saturated carbocycles. The molecular formula is C32H50N4O7S2. The van der Waals surface area contributed by atoms with Crippen molar-refractivity contribution < 1.29 is 32.6 Å².